The van der Waals surface area contributed by atoms with Gasteiger partial charge in [0.1, 0.15) is 6.04 Å². The number of sulfone groups is 1. The predicted molar refractivity (Wildman–Crippen MR) is 155 cm³/mol. The highest BCUT2D eigenvalue weighted by Crippen LogP contribution is 2.38. The molecule has 0 spiro atoms. The monoisotopic (exact) mass is 681 g/mol. The van der Waals surface area contributed by atoms with Gasteiger partial charge in [0, 0.05) is 35.3 Å². The molecule has 1 saturated carbocycles. The van der Waals surface area contributed by atoms with Gasteiger partial charge in [-0.05, 0) is 95.0 Å². The van der Waals surface area contributed by atoms with Crippen molar-refractivity contribution in [1.82, 2.24) is 15.1 Å². The normalized spacial score (nSPS) is 23.2. The fourth-order valence-corrected chi connectivity index (χ4v) is 7.91. The maximum atomic E-state index is 13.5. The lowest BCUT2D eigenvalue weighted by atomic mass is 9.81. The lowest BCUT2D eigenvalue weighted by molar-refractivity contribution is -0.143. The van der Waals surface area contributed by atoms with Crippen LogP contribution >= 0.6 is 11.6 Å². The molecule has 0 radical (unpaired) electrons. The third kappa shape index (κ3) is 8.12. The first-order chi connectivity index (χ1) is 20.8. The van der Waals surface area contributed by atoms with Gasteiger partial charge in [-0.3, -0.25) is 9.59 Å². The second-order valence-electron chi connectivity index (χ2n) is 11.9. The molecule has 4 atom stereocenters. The quantitative estimate of drug-likeness (QED) is 0.343. The van der Waals surface area contributed by atoms with Crippen LogP contribution in [0, 0.1) is 5.92 Å². The first-order valence-electron chi connectivity index (χ1n) is 14.4. The van der Waals surface area contributed by atoms with E-state index < -0.39 is 68.7 Å². The Morgan fingerprint density at radius 1 is 1.00 bits per heavy atom. The largest absolute Gasteiger partial charge is 0.416 e. The topological polar surface area (TPSA) is 86.8 Å². The molecule has 2 amide bonds. The van der Waals surface area contributed by atoms with Crippen LogP contribution < -0.4 is 5.32 Å². The molecule has 2 aromatic rings. The van der Waals surface area contributed by atoms with E-state index in [0.29, 0.717) is 36.4 Å². The van der Waals surface area contributed by atoms with Gasteiger partial charge in [-0.1, -0.05) is 11.6 Å². The average molecular weight is 682 g/mol. The van der Waals surface area contributed by atoms with Gasteiger partial charge in [-0.2, -0.15) is 26.3 Å². The summed E-state index contributed by atoms with van der Waals surface area (Å²) in [6, 6.07) is 4.83. The maximum Gasteiger partial charge on any atom is 0.416 e. The van der Waals surface area contributed by atoms with Crippen molar-refractivity contribution in [3.63, 3.8) is 0 Å². The van der Waals surface area contributed by atoms with Gasteiger partial charge < -0.3 is 15.1 Å². The summed E-state index contributed by atoms with van der Waals surface area (Å²) in [5.41, 5.74) is -4.17. The van der Waals surface area contributed by atoms with Crippen LogP contribution in [0.15, 0.2) is 47.4 Å². The molecule has 1 aliphatic heterocycles. The number of amides is 2. The average Bonchev–Trinajstić information content (AvgIpc) is 3.30. The summed E-state index contributed by atoms with van der Waals surface area (Å²) in [4.78, 5) is 30.2. The fourth-order valence-electron chi connectivity index (χ4n) is 6.12. The number of carbonyl (C=O) groups excluding carboxylic acids is 2. The minimum absolute atomic E-state index is 0.0450. The Morgan fingerprint density at radius 3 is 2.11 bits per heavy atom. The van der Waals surface area contributed by atoms with E-state index in [1.165, 1.54) is 29.2 Å². The van der Waals surface area contributed by atoms with Crippen molar-refractivity contribution in [2.24, 2.45) is 5.92 Å². The second-order valence-corrected chi connectivity index (χ2v) is 14.4. The molecule has 1 saturated heterocycles. The molecular weight excluding hydrogens is 648 g/mol. The SMILES string of the molecule is CC(C)N(C)[C@@H]1CC[C@H](N2CC[C@H](NC(=O)c3cc(C(F)(F)F)cc(C(F)(F)F)c3)C2=O)[C@H](CS(=O)(=O)c2ccc(Cl)cc2)C1. The lowest BCUT2D eigenvalue weighted by Crippen LogP contribution is -2.53. The number of hydrogen-bond acceptors (Lipinski definition) is 5. The van der Waals surface area contributed by atoms with E-state index in [9.17, 15) is 44.3 Å². The number of nitrogens with one attached hydrogen (secondary N) is 1. The van der Waals surface area contributed by atoms with Crippen molar-refractivity contribution in [1.29, 1.82) is 0 Å². The number of nitrogens with zero attached hydrogens (tertiary/aromatic N) is 2. The summed E-state index contributed by atoms with van der Waals surface area (Å²) in [6.07, 6.45) is -8.62. The predicted octanol–water partition coefficient (Wildman–Crippen LogP) is 6.06. The zero-order valence-electron chi connectivity index (χ0n) is 24.8. The van der Waals surface area contributed by atoms with E-state index in [1.807, 2.05) is 20.9 Å². The smallest absolute Gasteiger partial charge is 0.340 e. The third-order valence-corrected chi connectivity index (χ3v) is 10.8. The number of alkyl halides is 6. The lowest BCUT2D eigenvalue weighted by Gasteiger charge is -2.44. The molecule has 0 aromatic heterocycles. The van der Waals surface area contributed by atoms with Crippen molar-refractivity contribution in [2.45, 2.75) is 80.9 Å². The van der Waals surface area contributed by atoms with Crippen LogP contribution in [0.3, 0.4) is 0 Å². The molecule has 45 heavy (non-hydrogen) atoms. The van der Waals surface area contributed by atoms with E-state index in [2.05, 4.69) is 10.2 Å². The first kappa shape index (κ1) is 35.0. The minimum Gasteiger partial charge on any atom is -0.340 e. The Bertz CT molecular complexity index is 1480. The Labute approximate surface area is 262 Å². The Balaban J connectivity index is 1.56. The van der Waals surface area contributed by atoms with Crippen LogP contribution in [0.5, 0.6) is 0 Å². The first-order valence-corrected chi connectivity index (χ1v) is 16.4. The maximum absolute atomic E-state index is 13.5. The van der Waals surface area contributed by atoms with Crippen molar-refractivity contribution in [3.8, 4) is 0 Å². The Hall–Kier alpha value is -2.84. The Kier molecular flexibility index (Phi) is 10.2. The Morgan fingerprint density at radius 2 is 1.58 bits per heavy atom. The second kappa shape index (κ2) is 13.1. The number of rotatable bonds is 8. The molecule has 4 rings (SSSR count). The van der Waals surface area contributed by atoms with Gasteiger partial charge in [0.05, 0.1) is 21.8 Å². The zero-order valence-corrected chi connectivity index (χ0v) is 26.3. The summed E-state index contributed by atoms with van der Waals surface area (Å²) in [5.74, 6) is -2.56. The van der Waals surface area contributed by atoms with Crippen molar-refractivity contribution in [3.05, 3.63) is 64.2 Å². The van der Waals surface area contributed by atoms with E-state index in [-0.39, 0.29) is 41.8 Å². The minimum atomic E-state index is -5.14. The number of halogens is 7. The van der Waals surface area contributed by atoms with E-state index in [1.54, 1.807) is 0 Å². The van der Waals surface area contributed by atoms with Gasteiger partial charge in [-0.25, -0.2) is 8.42 Å². The summed E-state index contributed by atoms with van der Waals surface area (Å²) >= 11 is 5.93. The van der Waals surface area contributed by atoms with Crippen LogP contribution in [-0.4, -0.2) is 73.5 Å². The molecule has 1 heterocycles. The van der Waals surface area contributed by atoms with Gasteiger partial charge >= 0.3 is 12.4 Å². The molecule has 2 aliphatic rings. The standard InChI is InChI=1S/C30H34ClF6N3O4S/c1-17(2)39(3)23-6-9-26(19(14-23)16-45(43,44)24-7-4-22(31)5-8-24)40-11-10-25(28(40)42)38-27(41)18-12-20(29(32,33)34)15-21(13-18)30(35,36)37/h4-5,7-8,12-13,15,17,19,23,25-26H,6,9-11,14,16H2,1-3H3,(H,38,41)/t19-,23+,25-,26-/m0/s1. The van der Waals surface area contributed by atoms with Crippen LogP contribution in [0.4, 0.5) is 26.3 Å². The number of hydrogen-bond donors (Lipinski definition) is 1. The molecule has 248 valence electrons. The molecule has 1 aliphatic carbocycles. The molecule has 1 N–H and O–H groups in total. The number of benzene rings is 2. The molecule has 0 unspecified atom stereocenters. The molecule has 2 aromatic carbocycles. The number of carbonyl (C=O) groups is 2. The third-order valence-electron chi connectivity index (χ3n) is 8.71. The van der Waals surface area contributed by atoms with Gasteiger partial charge in [-0.15, -0.1) is 0 Å². The van der Waals surface area contributed by atoms with Crippen LogP contribution in [0.1, 0.15) is 61.0 Å². The summed E-state index contributed by atoms with van der Waals surface area (Å²) < 4.78 is 107. The van der Waals surface area contributed by atoms with Crippen LogP contribution in [0.2, 0.25) is 5.02 Å². The molecular formula is C30H34ClF6N3O4S. The summed E-state index contributed by atoms with van der Waals surface area (Å²) in [7, 11) is -1.85. The van der Waals surface area contributed by atoms with Crippen molar-refractivity contribution >= 4 is 33.3 Å². The van der Waals surface area contributed by atoms with E-state index in [0.717, 1.165) is 0 Å². The highest BCUT2D eigenvalue weighted by molar-refractivity contribution is 7.91. The highest BCUT2D eigenvalue weighted by atomic mass is 35.5. The van der Waals surface area contributed by atoms with Gasteiger partial charge in [0.25, 0.3) is 5.91 Å². The molecule has 15 heteroatoms. The fraction of sp³-hybridized carbons (Fsp3) is 0.533. The summed E-state index contributed by atoms with van der Waals surface area (Å²) in [5, 5.41) is 2.68. The highest BCUT2D eigenvalue weighted by Gasteiger charge is 2.45. The van der Waals surface area contributed by atoms with Crippen LogP contribution in [-0.2, 0) is 27.0 Å². The van der Waals surface area contributed by atoms with Crippen LogP contribution in [0.25, 0.3) is 0 Å². The van der Waals surface area contributed by atoms with Gasteiger partial charge in [0.2, 0.25) is 5.91 Å². The molecule has 7 nitrogen and oxygen atoms in total. The molecule has 0 bridgehead atoms. The summed E-state index contributed by atoms with van der Waals surface area (Å²) in [6.45, 7) is 4.17. The van der Waals surface area contributed by atoms with E-state index >= 15 is 0 Å². The van der Waals surface area contributed by atoms with Crippen molar-refractivity contribution < 1.29 is 44.3 Å². The number of likely N-dealkylation sites (tertiary alicyclic amines) is 1. The van der Waals surface area contributed by atoms with E-state index in [4.69, 9.17) is 11.6 Å². The van der Waals surface area contributed by atoms with Gasteiger partial charge in [0.15, 0.2) is 9.84 Å². The molecule has 2 fully saturated rings. The van der Waals surface area contributed by atoms with Crippen molar-refractivity contribution in [2.75, 3.05) is 19.3 Å². The zero-order chi connectivity index (χ0) is 33.5.